The Bertz CT molecular complexity index is 145. The zero-order chi connectivity index (χ0) is 7.82. The molecule has 2 nitrogen and oxygen atoms in total. The molecule has 0 atom stereocenters. The molecule has 0 aliphatic rings. The third kappa shape index (κ3) is 4.01. The lowest BCUT2D eigenvalue weighted by atomic mass is 10.4. The lowest BCUT2D eigenvalue weighted by molar-refractivity contribution is 1.21. The maximum atomic E-state index is 4.10. The first-order valence-electron chi connectivity index (χ1n) is 3.44. The van der Waals surface area contributed by atoms with Crippen molar-refractivity contribution in [3.63, 3.8) is 0 Å². The SMILES string of the molecule is C=CCC=NC(CC)=NC. The van der Waals surface area contributed by atoms with Gasteiger partial charge in [0.25, 0.3) is 0 Å². The lowest BCUT2D eigenvalue weighted by Gasteiger charge is -1.90. The van der Waals surface area contributed by atoms with Gasteiger partial charge in [-0.1, -0.05) is 13.0 Å². The van der Waals surface area contributed by atoms with Gasteiger partial charge >= 0.3 is 0 Å². The number of rotatable bonds is 3. The molecule has 0 aromatic heterocycles. The highest BCUT2D eigenvalue weighted by Gasteiger charge is 1.84. The van der Waals surface area contributed by atoms with Crippen LogP contribution in [-0.2, 0) is 0 Å². The van der Waals surface area contributed by atoms with E-state index in [9.17, 15) is 0 Å². The van der Waals surface area contributed by atoms with E-state index in [0.717, 1.165) is 18.7 Å². The fraction of sp³-hybridized carbons (Fsp3) is 0.500. The summed E-state index contributed by atoms with van der Waals surface area (Å²) in [5, 5.41) is 0. The number of amidine groups is 1. The minimum absolute atomic E-state index is 0.818. The molecule has 0 unspecified atom stereocenters. The van der Waals surface area contributed by atoms with Crippen molar-refractivity contribution in [3.05, 3.63) is 12.7 Å². The summed E-state index contributed by atoms with van der Waals surface area (Å²) in [5.74, 6) is 0.891. The van der Waals surface area contributed by atoms with Crippen molar-refractivity contribution in [2.75, 3.05) is 7.05 Å². The largest absolute Gasteiger partial charge is 0.274 e. The summed E-state index contributed by atoms with van der Waals surface area (Å²) in [5.41, 5.74) is 0. The Morgan fingerprint density at radius 3 is 2.70 bits per heavy atom. The van der Waals surface area contributed by atoms with Crippen LogP contribution in [0.2, 0.25) is 0 Å². The zero-order valence-corrected chi connectivity index (χ0v) is 6.67. The maximum Gasteiger partial charge on any atom is 0.122 e. The molecule has 0 rings (SSSR count). The monoisotopic (exact) mass is 138 g/mol. The summed E-state index contributed by atoms with van der Waals surface area (Å²) in [7, 11) is 1.75. The molecule has 0 spiro atoms. The Labute approximate surface area is 62.4 Å². The van der Waals surface area contributed by atoms with E-state index in [2.05, 4.69) is 16.6 Å². The van der Waals surface area contributed by atoms with Crippen LogP contribution in [-0.4, -0.2) is 19.1 Å². The van der Waals surface area contributed by atoms with Crippen molar-refractivity contribution < 1.29 is 0 Å². The van der Waals surface area contributed by atoms with E-state index in [1.165, 1.54) is 0 Å². The number of hydrogen-bond donors (Lipinski definition) is 0. The fourth-order valence-electron chi connectivity index (χ4n) is 0.540. The Hall–Kier alpha value is -0.920. The summed E-state index contributed by atoms with van der Waals surface area (Å²) >= 11 is 0. The van der Waals surface area contributed by atoms with Gasteiger partial charge in [0.2, 0.25) is 0 Å². The average Bonchev–Trinajstić information content (AvgIpc) is 1.99. The zero-order valence-electron chi connectivity index (χ0n) is 6.67. The number of allylic oxidation sites excluding steroid dienone is 1. The first kappa shape index (κ1) is 9.08. The molecular weight excluding hydrogens is 124 g/mol. The highest BCUT2D eigenvalue weighted by molar-refractivity contribution is 5.89. The Morgan fingerprint density at radius 1 is 1.60 bits per heavy atom. The van der Waals surface area contributed by atoms with Gasteiger partial charge in [0.15, 0.2) is 0 Å². The van der Waals surface area contributed by atoms with Gasteiger partial charge in [0, 0.05) is 26.1 Å². The van der Waals surface area contributed by atoms with Gasteiger partial charge in [-0.2, -0.15) is 0 Å². The summed E-state index contributed by atoms with van der Waals surface area (Å²) in [6.45, 7) is 5.61. The predicted octanol–water partition coefficient (Wildman–Crippen LogP) is 2.07. The first-order chi connectivity index (χ1) is 4.85. The summed E-state index contributed by atoms with van der Waals surface area (Å²) in [6, 6.07) is 0. The van der Waals surface area contributed by atoms with Crippen LogP contribution in [0.4, 0.5) is 0 Å². The first-order valence-corrected chi connectivity index (χ1v) is 3.44. The minimum atomic E-state index is 0.818. The minimum Gasteiger partial charge on any atom is -0.274 e. The second-order valence-corrected chi connectivity index (χ2v) is 1.83. The van der Waals surface area contributed by atoms with E-state index in [1.54, 1.807) is 7.05 Å². The molecule has 0 amide bonds. The molecule has 0 fully saturated rings. The van der Waals surface area contributed by atoms with Crippen LogP contribution >= 0.6 is 0 Å². The number of nitrogens with zero attached hydrogens (tertiary/aromatic N) is 2. The molecular formula is C8H14N2. The third-order valence-corrected chi connectivity index (χ3v) is 1.09. The molecule has 0 aromatic rings. The Morgan fingerprint density at radius 2 is 2.30 bits per heavy atom. The topological polar surface area (TPSA) is 24.7 Å². The molecule has 2 heteroatoms. The summed E-state index contributed by atoms with van der Waals surface area (Å²) in [4.78, 5) is 8.07. The van der Waals surface area contributed by atoms with Crippen molar-refractivity contribution in [2.45, 2.75) is 19.8 Å². The molecule has 0 aromatic carbocycles. The van der Waals surface area contributed by atoms with Crippen molar-refractivity contribution in [1.82, 2.24) is 0 Å². The third-order valence-electron chi connectivity index (χ3n) is 1.09. The van der Waals surface area contributed by atoms with E-state index < -0.39 is 0 Å². The Kier molecular flexibility index (Phi) is 5.63. The number of hydrogen-bond acceptors (Lipinski definition) is 1. The lowest BCUT2D eigenvalue weighted by Crippen LogP contribution is -1.90. The van der Waals surface area contributed by atoms with Gasteiger partial charge in [-0.25, -0.2) is 4.99 Å². The van der Waals surface area contributed by atoms with Gasteiger partial charge in [-0.15, -0.1) is 6.58 Å². The van der Waals surface area contributed by atoms with Crippen LogP contribution in [0, 0.1) is 0 Å². The van der Waals surface area contributed by atoms with E-state index in [0.29, 0.717) is 0 Å². The molecule has 0 bridgehead atoms. The van der Waals surface area contributed by atoms with Crippen LogP contribution in [0.1, 0.15) is 19.8 Å². The van der Waals surface area contributed by atoms with Crippen molar-refractivity contribution in [3.8, 4) is 0 Å². The maximum absolute atomic E-state index is 4.10. The van der Waals surface area contributed by atoms with Crippen LogP contribution < -0.4 is 0 Å². The highest BCUT2D eigenvalue weighted by atomic mass is 14.9. The molecule has 0 aliphatic heterocycles. The van der Waals surface area contributed by atoms with Crippen LogP contribution in [0.25, 0.3) is 0 Å². The number of aliphatic imine (C=N–C) groups is 2. The molecule has 0 heterocycles. The highest BCUT2D eigenvalue weighted by Crippen LogP contribution is 1.86. The molecule has 0 N–H and O–H groups in total. The van der Waals surface area contributed by atoms with Gasteiger partial charge in [-0.05, 0) is 0 Å². The van der Waals surface area contributed by atoms with Crippen LogP contribution in [0.3, 0.4) is 0 Å². The molecule has 10 heavy (non-hydrogen) atoms. The smallest absolute Gasteiger partial charge is 0.122 e. The predicted molar refractivity (Wildman–Crippen MR) is 47.0 cm³/mol. The van der Waals surface area contributed by atoms with E-state index in [-0.39, 0.29) is 0 Å². The molecule has 0 aliphatic carbocycles. The normalized spacial score (nSPS) is 12.4. The molecule has 0 radical (unpaired) electrons. The molecule has 56 valence electrons. The van der Waals surface area contributed by atoms with Gasteiger partial charge in [0.05, 0.1) is 0 Å². The standard InChI is InChI=1S/C8H14N2/c1-4-6-7-10-8(5-2)9-3/h4,7H,1,5-6H2,2-3H3. The van der Waals surface area contributed by atoms with Gasteiger partial charge in [-0.3, -0.25) is 4.99 Å². The average molecular weight is 138 g/mol. The quantitative estimate of drug-likeness (QED) is 0.324. The van der Waals surface area contributed by atoms with E-state index in [4.69, 9.17) is 0 Å². The molecule has 0 saturated carbocycles. The summed E-state index contributed by atoms with van der Waals surface area (Å²) < 4.78 is 0. The van der Waals surface area contributed by atoms with Crippen molar-refractivity contribution in [1.29, 1.82) is 0 Å². The van der Waals surface area contributed by atoms with Gasteiger partial charge in [0.1, 0.15) is 5.84 Å². The summed E-state index contributed by atoms with van der Waals surface area (Å²) in [6.07, 6.45) is 5.34. The van der Waals surface area contributed by atoms with E-state index >= 15 is 0 Å². The fourth-order valence-corrected chi connectivity index (χ4v) is 0.540. The molecule has 0 saturated heterocycles. The van der Waals surface area contributed by atoms with Crippen LogP contribution in [0.5, 0.6) is 0 Å². The van der Waals surface area contributed by atoms with Crippen molar-refractivity contribution >= 4 is 12.1 Å². The van der Waals surface area contributed by atoms with Crippen LogP contribution in [0.15, 0.2) is 22.6 Å². The van der Waals surface area contributed by atoms with Crippen molar-refractivity contribution in [2.24, 2.45) is 9.98 Å². The second kappa shape index (κ2) is 6.20. The second-order valence-electron chi connectivity index (χ2n) is 1.83. The van der Waals surface area contributed by atoms with E-state index in [1.807, 2.05) is 19.2 Å². The Balaban J connectivity index is 3.73. The van der Waals surface area contributed by atoms with Gasteiger partial charge < -0.3 is 0 Å².